The summed E-state index contributed by atoms with van der Waals surface area (Å²) in [5.41, 5.74) is 0.615. The number of unbranched alkanes of at least 4 members (excludes halogenated alkanes) is 1. The maximum atomic E-state index is 11.1. The van der Waals surface area contributed by atoms with Gasteiger partial charge in [0.1, 0.15) is 6.61 Å². The molecule has 0 bridgehead atoms. The second kappa shape index (κ2) is 12.4. The van der Waals surface area contributed by atoms with Crippen molar-refractivity contribution in [3.8, 4) is 0 Å². The third-order valence-corrected chi connectivity index (χ3v) is 3.29. The molecular formula is C14H24N2O4S. The molecule has 21 heavy (non-hydrogen) atoms. The summed E-state index contributed by atoms with van der Waals surface area (Å²) in [5, 5.41) is 14.3. The van der Waals surface area contributed by atoms with Gasteiger partial charge in [-0.3, -0.25) is 9.59 Å². The van der Waals surface area contributed by atoms with Gasteiger partial charge in [-0.25, -0.2) is 0 Å². The van der Waals surface area contributed by atoms with E-state index in [0.29, 0.717) is 24.6 Å². The SMILES string of the molecule is CC(=N)CC(=O)OCCCCSCCOC(=O)CC(C)=N. The monoisotopic (exact) mass is 316 g/mol. The summed E-state index contributed by atoms with van der Waals surface area (Å²) in [6.07, 6.45) is 1.85. The highest BCUT2D eigenvalue weighted by atomic mass is 32.2. The fourth-order valence-electron chi connectivity index (χ4n) is 1.34. The highest BCUT2D eigenvalue weighted by molar-refractivity contribution is 7.99. The summed E-state index contributed by atoms with van der Waals surface area (Å²) < 4.78 is 9.93. The lowest BCUT2D eigenvalue weighted by Crippen LogP contribution is -2.11. The minimum absolute atomic E-state index is 0.0608. The largest absolute Gasteiger partial charge is 0.465 e. The Morgan fingerprint density at radius 3 is 1.90 bits per heavy atom. The van der Waals surface area contributed by atoms with E-state index in [2.05, 4.69) is 0 Å². The molecule has 6 nitrogen and oxygen atoms in total. The molecule has 0 saturated heterocycles. The van der Waals surface area contributed by atoms with Gasteiger partial charge in [-0.15, -0.1) is 0 Å². The van der Waals surface area contributed by atoms with E-state index in [1.807, 2.05) is 0 Å². The number of rotatable bonds is 12. The van der Waals surface area contributed by atoms with Crippen molar-refractivity contribution in [2.45, 2.75) is 39.5 Å². The predicted molar refractivity (Wildman–Crippen MR) is 84.5 cm³/mol. The van der Waals surface area contributed by atoms with Crippen molar-refractivity contribution in [1.82, 2.24) is 0 Å². The maximum absolute atomic E-state index is 11.1. The second-order valence-corrected chi connectivity index (χ2v) is 5.90. The summed E-state index contributed by atoms with van der Waals surface area (Å²) in [6, 6.07) is 0. The van der Waals surface area contributed by atoms with Crippen LogP contribution in [0.5, 0.6) is 0 Å². The van der Waals surface area contributed by atoms with Crippen LogP contribution < -0.4 is 0 Å². The molecule has 0 saturated carbocycles. The Morgan fingerprint density at radius 2 is 1.38 bits per heavy atom. The number of thioether (sulfide) groups is 1. The quantitative estimate of drug-likeness (QED) is 0.327. The van der Waals surface area contributed by atoms with Gasteiger partial charge >= 0.3 is 11.9 Å². The van der Waals surface area contributed by atoms with Crippen LogP contribution >= 0.6 is 11.8 Å². The summed E-state index contributed by atoms with van der Waals surface area (Å²) in [6.45, 7) is 3.91. The Labute approximate surface area is 130 Å². The molecule has 0 spiro atoms. The molecule has 0 amide bonds. The topological polar surface area (TPSA) is 100 Å². The van der Waals surface area contributed by atoms with Crippen molar-refractivity contribution in [3.05, 3.63) is 0 Å². The Balaban J connectivity index is 3.30. The molecule has 0 aromatic heterocycles. The third kappa shape index (κ3) is 14.8. The van der Waals surface area contributed by atoms with E-state index >= 15 is 0 Å². The van der Waals surface area contributed by atoms with Crippen LogP contribution in [-0.2, 0) is 19.1 Å². The summed E-state index contributed by atoms with van der Waals surface area (Å²) in [4.78, 5) is 22.3. The van der Waals surface area contributed by atoms with E-state index in [9.17, 15) is 9.59 Å². The molecule has 0 aliphatic rings. The van der Waals surface area contributed by atoms with Crippen LogP contribution in [0.25, 0.3) is 0 Å². The molecular weight excluding hydrogens is 292 g/mol. The summed E-state index contributed by atoms with van der Waals surface area (Å²) >= 11 is 1.68. The third-order valence-electron chi connectivity index (χ3n) is 2.26. The molecule has 0 aliphatic carbocycles. The van der Waals surface area contributed by atoms with E-state index in [1.54, 1.807) is 25.6 Å². The Kier molecular flexibility index (Phi) is 11.6. The first-order valence-corrected chi connectivity index (χ1v) is 8.04. The van der Waals surface area contributed by atoms with E-state index < -0.39 is 0 Å². The van der Waals surface area contributed by atoms with Crippen LogP contribution in [0.15, 0.2) is 0 Å². The average molecular weight is 316 g/mol. The molecule has 0 heterocycles. The minimum atomic E-state index is -0.350. The number of nitrogens with one attached hydrogen (secondary N) is 2. The van der Waals surface area contributed by atoms with Gasteiger partial charge in [0.05, 0.1) is 19.4 Å². The first-order valence-electron chi connectivity index (χ1n) is 6.89. The average Bonchev–Trinajstić information content (AvgIpc) is 2.34. The van der Waals surface area contributed by atoms with Gasteiger partial charge in [0.25, 0.3) is 0 Å². The second-order valence-electron chi connectivity index (χ2n) is 4.67. The van der Waals surface area contributed by atoms with Crippen LogP contribution in [0.1, 0.15) is 39.5 Å². The lowest BCUT2D eigenvalue weighted by molar-refractivity contribution is -0.142. The normalized spacial score (nSPS) is 10.0. The number of hydrogen-bond acceptors (Lipinski definition) is 7. The molecule has 0 fully saturated rings. The van der Waals surface area contributed by atoms with Crippen molar-refractivity contribution < 1.29 is 19.1 Å². The van der Waals surface area contributed by atoms with Gasteiger partial charge in [-0.05, 0) is 32.4 Å². The highest BCUT2D eigenvalue weighted by Crippen LogP contribution is 2.05. The van der Waals surface area contributed by atoms with Crippen LogP contribution in [-0.4, -0.2) is 48.1 Å². The lowest BCUT2D eigenvalue weighted by Gasteiger charge is -2.05. The fourth-order valence-corrected chi connectivity index (χ4v) is 2.16. The maximum Gasteiger partial charge on any atom is 0.311 e. The van der Waals surface area contributed by atoms with Crippen molar-refractivity contribution in [1.29, 1.82) is 10.8 Å². The molecule has 0 aromatic carbocycles. The fraction of sp³-hybridized carbons (Fsp3) is 0.714. The molecule has 0 atom stereocenters. The molecule has 0 aromatic rings. The van der Waals surface area contributed by atoms with Crippen molar-refractivity contribution in [2.75, 3.05) is 24.7 Å². The van der Waals surface area contributed by atoms with Crippen LogP contribution in [0.3, 0.4) is 0 Å². The van der Waals surface area contributed by atoms with E-state index in [0.717, 1.165) is 24.3 Å². The summed E-state index contributed by atoms with van der Waals surface area (Å²) in [7, 11) is 0. The number of ether oxygens (including phenoxy) is 2. The van der Waals surface area contributed by atoms with Gasteiger partial charge in [0.15, 0.2) is 0 Å². The van der Waals surface area contributed by atoms with Gasteiger partial charge in [0, 0.05) is 17.2 Å². The Hall–Kier alpha value is -1.37. The molecule has 0 aliphatic heterocycles. The van der Waals surface area contributed by atoms with Crippen molar-refractivity contribution in [3.63, 3.8) is 0 Å². The van der Waals surface area contributed by atoms with Gasteiger partial charge < -0.3 is 20.3 Å². The zero-order valence-corrected chi connectivity index (χ0v) is 13.5. The molecule has 0 radical (unpaired) electrons. The van der Waals surface area contributed by atoms with Crippen LogP contribution in [0, 0.1) is 10.8 Å². The number of carbonyl (C=O) groups is 2. The first kappa shape index (κ1) is 19.6. The predicted octanol–water partition coefficient (Wildman–Crippen LogP) is 2.45. The van der Waals surface area contributed by atoms with E-state index in [-0.39, 0.29) is 24.8 Å². The van der Waals surface area contributed by atoms with Gasteiger partial charge in [0.2, 0.25) is 0 Å². The standard InChI is InChI=1S/C14H24N2O4S/c1-11(15)9-13(17)19-5-3-4-7-21-8-6-20-14(18)10-12(2)16/h15-16H,3-10H2,1-2H3. The molecule has 120 valence electrons. The Bertz CT molecular complexity index is 338. The number of hydrogen-bond donors (Lipinski definition) is 2. The lowest BCUT2D eigenvalue weighted by atomic mass is 10.3. The van der Waals surface area contributed by atoms with E-state index in [1.165, 1.54) is 0 Å². The smallest absolute Gasteiger partial charge is 0.311 e. The zero-order chi connectivity index (χ0) is 16.1. The van der Waals surface area contributed by atoms with Gasteiger partial charge in [-0.1, -0.05) is 0 Å². The summed E-state index contributed by atoms with van der Waals surface area (Å²) in [5.74, 6) is 0.956. The minimum Gasteiger partial charge on any atom is -0.465 e. The zero-order valence-electron chi connectivity index (χ0n) is 12.7. The number of carbonyl (C=O) groups excluding carboxylic acids is 2. The number of esters is 2. The Morgan fingerprint density at radius 1 is 0.857 bits per heavy atom. The van der Waals surface area contributed by atoms with Crippen molar-refractivity contribution >= 4 is 35.1 Å². The molecule has 0 unspecified atom stereocenters. The molecule has 2 N–H and O–H groups in total. The van der Waals surface area contributed by atoms with E-state index in [4.69, 9.17) is 20.3 Å². The van der Waals surface area contributed by atoms with Gasteiger partial charge in [-0.2, -0.15) is 11.8 Å². The molecule has 7 heteroatoms. The van der Waals surface area contributed by atoms with Crippen molar-refractivity contribution in [2.24, 2.45) is 0 Å². The highest BCUT2D eigenvalue weighted by Gasteiger charge is 2.04. The van der Waals surface area contributed by atoms with Crippen LogP contribution in [0.2, 0.25) is 0 Å². The van der Waals surface area contributed by atoms with Crippen LogP contribution in [0.4, 0.5) is 0 Å². The first-order chi connectivity index (χ1) is 9.91. The molecule has 0 rings (SSSR count).